The summed E-state index contributed by atoms with van der Waals surface area (Å²) in [6, 6.07) is 20.0. The lowest BCUT2D eigenvalue weighted by Crippen LogP contribution is -2.33. The van der Waals surface area contributed by atoms with Crippen molar-refractivity contribution in [2.45, 2.75) is 38.7 Å². The molecule has 1 aliphatic rings. The largest absolute Gasteiger partial charge is 0.461 e. The van der Waals surface area contributed by atoms with Crippen LogP contribution >= 0.6 is 0 Å². The van der Waals surface area contributed by atoms with Crippen LogP contribution in [0.2, 0.25) is 0 Å². The summed E-state index contributed by atoms with van der Waals surface area (Å²) in [6.07, 6.45) is 0.601. The molecule has 114 valence electrons. The Morgan fingerprint density at radius 3 is 1.73 bits per heavy atom. The van der Waals surface area contributed by atoms with E-state index >= 15 is 0 Å². The van der Waals surface area contributed by atoms with Gasteiger partial charge in [-0.15, -0.1) is 0 Å². The number of benzene rings is 2. The number of rotatable bonds is 2. The Hall–Kier alpha value is -2.09. The van der Waals surface area contributed by atoms with Gasteiger partial charge in [0.15, 0.2) is 0 Å². The molecule has 0 spiro atoms. The minimum atomic E-state index is -0.694. The van der Waals surface area contributed by atoms with Crippen LogP contribution in [0, 0.1) is 5.41 Å². The lowest BCUT2D eigenvalue weighted by Gasteiger charge is -2.28. The van der Waals surface area contributed by atoms with Gasteiger partial charge < -0.3 is 4.74 Å². The van der Waals surface area contributed by atoms with Crippen molar-refractivity contribution in [2.24, 2.45) is 5.41 Å². The molecule has 0 saturated carbocycles. The summed E-state index contributed by atoms with van der Waals surface area (Å²) >= 11 is 0. The highest BCUT2D eigenvalue weighted by atomic mass is 16.6. The molecule has 1 heterocycles. The molecule has 0 aromatic heterocycles. The van der Waals surface area contributed by atoms with Gasteiger partial charge >= 0.3 is 5.97 Å². The van der Waals surface area contributed by atoms with E-state index in [2.05, 4.69) is 20.8 Å². The third kappa shape index (κ3) is 2.33. The van der Waals surface area contributed by atoms with Crippen molar-refractivity contribution in [2.75, 3.05) is 0 Å². The second-order valence-corrected chi connectivity index (χ2v) is 7.10. The maximum atomic E-state index is 12.9. The van der Waals surface area contributed by atoms with Crippen molar-refractivity contribution in [3.8, 4) is 0 Å². The monoisotopic (exact) mass is 294 g/mol. The van der Waals surface area contributed by atoms with Gasteiger partial charge in [-0.25, -0.2) is 0 Å². The fourth-order valence-corrected chi connectivity index (χ4v) is 3.20. The van der Waals surface area contributed by atoms with Crippen LogP contribution in [-0.4, -0.2) is 12.1 Å². The average Bonchev–Trinajstić information content (AvgIpc) is 2.88. The first-order chi connectivity index (χ1) is 10.4. The molecule has 0 amide bonds. The fraction of sp³-hybridized carbons (Fsp3) is 0.350. The van der Waals surface area contributed by atoms with Crippen molar-refractivity contribution in [3.05, 3.63) is 71.8 Å². The summed E-state index contributed by atoms with van der Waals surface area (Å²) in [7, 11) is 0. The van der Waals surface area contributed by atoms with Crippen molar-refractivity contribution in [1.82, 2.24) is 0 Å². The lowest BCUT2D eigenvalue weighted by molar-refractivity contribution is -0.147. The summed E-state index contributed by atoms with van der Waals surface area (Å²) in [6.45, 7) is 6.37. The molecule has 0 bridgehead atoms. The molecule has 1 saturated heterocycles. The molecule has 1 atom stereocenters. The second kappa shape index (κ2) is 5.28. The van der Waals surface area contributed by atoms with Gasteiger partial charge in [-0.05, 0) is 16.5 Å². The van der Waals surface area contributed by atoms with Crippen LogP contribution in [0.3, 0.4) is 0 Å². The zero-order valence-electron chi connectivity index (χ0n) is 13.4. The zero-order chi connectivity index (χ0) is 15.8. The molecule has 1 aliphatic heterocycles. The smallest absolute Gasteiger partial charge is 0.321 e. The predicted molar refractivity (Wildman–Crippen MR) is 87.6 cm³/mol. The van der Waals surface area contributed by atoms with Crippen LogP contribution in [0.15, 0.2) is 60.7 Å². The molecule has 2 aromatic rings. The molecule has 3 rings (SSSR count). The van der Waals surface area contributed by atoms with E-state index in [9.17, 15) is 4.79 Å². The Kier molecular flexibility index (Phi) is 3.56. The van der Waals surface area contributed by atoms with Gasteiger partial charge in [0.2, 0.25) is 0 Å². The maximum absolute atomic E-state index is 12.9. The lowest BCUT2D eigenvalue weighted by atomic mass is 9.70. The standard InChI is InChI=1S/C20H22O2/c1-19(2,3)17-14-20(18(21)22-17,15-10-6-4-7-11-15)16-12-8-5-9-13-16/h4-13,17H,14H2,1-3H3. The van der Waals surface area contributed by atoms with Crippen molar-refractivity contribution >= 4 is 5.97 Å². The fourth-order valence-electron chi connectivity index (χ4n) is 3.20. The predicted octanol–water partition coefficient (Wildman–Crippen LogP) is 4.33. The van der Waals surface area contributed by atoms with Gasteiger partial charge in [0, 0.05) is 6.42 Å². The van der Waals surface area contributed by atoms with Crippen LogP contribution < -0.4 is 0 Å². The number of cyclic esters (lactones) is 1. The van der Waals surface area contributed by atoms with Crippen LogP contribution in [0.5, 0.6) is 0 Å². The van der Waals surface area contributed by atoms with Gasteiger partial charge in [-0.1, -0.05) is 81.4 Å². The van der Waals surface area contributed by atoms with Crippen LogP contribution in [0.1, 0.15) is 38.3 Å². The Bertz CT molecular complexity index is 614. The van der Waals surface area contributed by atoms with E-state index < -0.39 is 5.41 Å². The highest BCUT2D eigenvalue weighted by molar-refractivity contribution is 5.89. The number of carbonyl (C=O) groups is 1. The minimum absolute atomic E-state index is 0.0685. The van der Waals surface area contributed by atoms with E-state index in [4.69, 9.17) is 4.74 Å². The van der Waals surface area contributed by atoms with Gasteiger partial charge in [0.1, 0.15) is 11.5 Å². The van der Waals surface area contributed by atoms with Gasteiger partial charge in [0.25, 0.3) is 0 Å². The van der Waals surface area contributed by atoms with Crippen molar-refractivity contribution < 1.29 is 9.53 Å². The highest BCUT2D eigenvalue weighted by Gasteiger charge is 2.54. The first-order valence-corrected chi connectivity index (χ1v) is 7.77. The van der Waals surface area contributed by atoms with E-state index in [-0.39, 0.29) is 17.5 Å². The summed E-state index contributed by atoms with van der Waals surface area (Å²) in [5.74, 6) is -0.134. The molecular weight excluding hydrogens is 272 g/mol. The van der Waals surface area contributed by atoms with E-state index in [0.717, 1.165) is 11.1 Å². The summed E-state index contributed by atoms with van der Waals surface area (Å²) < 4.78 is 5.81. The van der Waals surface area contributed by atoms with Crippen molar-refractivity contribution in [3.63, 3.8) is 0 Å². The maximum Gasteiger partial charge on any atom is 0.321 e. The average molecular weight is 294 g/mol. The van der Waals surface area contributed by atoms with Crippen LogP contribution in [-0.2, 0) is 14.9 Å². The van der Waals surface area contributed by atoms with Crippen LogP contribution in [0.25, 0.3) is 0 Å². The van der Waals surface area contributed by atoms with Gasteiger partial charge in [0.05, 0.1) is 0 Å². The molecule has 2 heteroatoms. The molecular formula is C20H22O2. The van der Waals surface area contributed by atoms with E-state index in [1.165, 1.54) is 0 Å². The third-order valence-corrected chi connectivity index (χ3v) is 4.59. The topological polar surface area (TPSA) is 26.3 Å². The SMILES string of the molecule is CC(C)(C)C1CC(c2ccccc2)(c2ccccc2)C(=O)O1. The summed E-state index contributed by atoms with van der Waals surface area (Å²) in [5.41, 5.74) is 1.26. The van der Waals surface area contributed by atoms with Crippen molar-refractivity contribution in [1.29, 1.82) is 0 Å². The first kappa shape index (κ1) is 14.8. The minimum Gasteiger partial charge on any atom is -0.461 e. The second-order valence-electron chi connectivity index (χ2n) is 7.10. The third-order valence-electron chi connectivity index (χ3n) is 4.59. The first-order valence-electron chi connectivity index (χ1n) is 7.77. The van der Waals surface area contributed by atoms with Gasteiger partial charge in [-0.2, -0.15) is 0 Å². The van der Waals surface area contributed by atoms with E-state index in [1.807, 2.05) is 60.7 Å². The zero-order valence-corrected chi connectivity index (χ0v) is 13.4. The normalized spacial score (nSPS) is 20.7. The quantitative estimate of drug-likeness (QED) is 0.770. The number of hydrogen-bond donors (Lipinski definition) is 0. The van der Waals surface area contributed by atoms with E-state index in [0.29, 0.717) is 6.42 Å². The van der Waals surface area contributed by atoms with Crippen LogP contribution in [0.4, 0.5) is 0 Å². The molecule has 2 aromatic carbocycles. The molecule has 0 N–H and O–H groups in total. The molecule has 22 heavy (non-hydrogen) atoms. The summed E-state index contributed by atoms with van der Waals surface area (Å²) in [5, 5.41) is 0. The molecule has 2 nitrogen and oxygen atoms in total. The Morgan fingerprint density at radius 1 is 0.909 bits per heavy atom. The van der Waals surface area contributed by atoms with E-state index in [1.54, 1.807) is 0 Å². The Labute approximate surface area is 132 Å². The number of carbonyl (C=O) groups excluding carboxylic acids is 1. The molecule has 0 radical (unpaired) electrons. The molecule has 1 unspecified atom stereocenters. The Balaban J connectivity index is 2.16. The number of ether oxygens (including phenoxy) is 1. The highest BCUT2D eigenvalue weighted by Crippen LogP contribution is 2.47. The number of esters is 1. The Morgan fingerprint density at radius 2 is 1.36 bits per heavy atom. The molecule has 1 fully saturated rings. The number of hydrogen-bond acceptors (Lipinski definition) is 2. The molecule has 0 aliphatic carbocycles. The van der Waals surface area contributed by atoms with Gasteiger partial charge in [-0.3, -0.25) is 4.79 Å². The summed E-state index contributed by atoms with van der Waals surface area (Å²) in [4.78, 5) is 12.9.